The minimum absolute atomic E-state index is 0. The molecule has 3 aliphatic heterocycles. The van der Waals surface area contributed by atoms with E-state index in [0.717, 1.165) is 39.3 Å². The largest absolute Gasteiger partial charge is 2.00 e. The van der Waals surface area contributed by atoms with E-state index in [2.05, 4.69) is 75.1 Å². The van der Waals surface area contributed by atoms with Gasteiger partial charge in [0.1, 0.15) is 25.5 Å². The van der Waals surface area contributed by atoms with E-state index in [1.807, 2.05) is 33.5 Å². The van der Waals surface area contributed by atoms with Gasteiger partial charge in [-0.25, -0.2) is 4.58 Å². The fourth-order valence-corrected chi connectivity index (χ4v) is 4.00. The summed E-state index contributed by atoms with van der Waals surface area (Å²) in [6.45, 7) is 38.8. The summed E-state index contributed by atoms with van der Waals surface area (Å²) in [6.07, 6.45) is 16.8. The molecule has 0 aliphatic carbocycles. The molecular weight excluding hydrogens is 1160 g/mol. The first-order valence-corrected chi connectivity index (χ1v) is 14.0. The Morgan fingerprint density at radius 1 is 0.641 bits per heavy atom. The predicted octanol–water partition coefficient (Wildman–Crippen LogP) is 3.22. The quantitative estimate of drug-likeness (QED) is 0.161. The molecule has 3 rings (SSSR count). The maximum Gasteiger partial charge on any atom is 2.00 e. The maximum absolute atomic E-state index is 3.77. The molecule has 3 fully saturated rings. The van der Waals surface area contributed by atoms with Gasteiger partial charge in [0.25, 0.3) is 0 Å². The minimum Gasteiger partial charge on any atom is -0.327 e. The molecule has 9 heteroatoms. The molecule has 0 N–H and O–H groups in total. The van der Waals surface area contributed by atoms with Crippen LogP contribution in [0.1, 0.15) is 52.4 Å². The van der Waals surface area contributed by atoms with Crippen LogP contribution >= 0.6 is 0 Å². The van der Waals surface area contributed by atoms with Gasteiger partial charge in [0.2, 0.25) is 12.7 Å². The van der Waals surface area contributed by atoms with Crippen LogP contribution < -0.4 is 0 Å². The monoisotopic (exact) mass is 1220 g/mol. The summed E-state index contributed by atoms with van der Waals surface area (Å²) in [5.41, 5.74) is 0. The van der Waals surface area contributed by atoms with Crippen LogP contribution in [0.3, 0.4) is 0 Å². The van der Waals surface area contributed by atoms with E-state index in [4.69, 9.17) is 0 Å². The summed E-state index contributed by atoms with van der Waals surface area (Å²) in [7, 11) is 0. The molecule has 0 atom stereocenters. The molecule has 3 saturated heterocycles. The molecule has 39 heavy (non-hydrogen) atoms. The van der Waals surface area contributed by atoms with E-state index in [9.17, 15) is 0 Å². The first-order valence-electron chi connectivity index (χ1n) is 14.0. The Balaban J connectivity index is -0.000000209. The molecule has 0 saturated carbocycles. The first-order chi connectivity index (χ1) is 17.5. The Bertz CT molecular complexity index is 615. The van der Waals surface area contributed by atoms with Crippen molar-refractivity contribution >= 4 is 25.1 Å². The third-order valence-corrected chi connectivity index (χ3v) is 6.53. The van der Waals surface area contributed by atoms with E-state index in [1.165, 1.54) is 77.8 Å². The minimum atomic E-state index is 0. The van der Waals surface area contributed by atoms with Crippen LogP contribution in [-0.4, -0.2) is 132 Å². The number of likely N-dealkylation sites (tertiary alicyclic amines) is 1. The molecule has 0 spiro atoms. The third-order valence-electron chi connectivity index (χ3n) is 6.53. The zero-order chi connectivity index (χ0) is 27.0. The van der Waals surface area contributed by atoms with Gasteiger partial charge in [-0.3, -0.25) is 27.9 Å². The Morgan fingerprint density at radius 3 is 1.33 bits per heavy atom. The summed E-state index contributed by atoms with van der Waals surface area (Å²) in [5.74, 6) is 0. The third kappa shape index (κ3) is 25.6. The van der Waals surface area contributed by atoms with Crippen LogP contribution in [0.4, 0.5) is 0 Å². The molecule has 3 aliphatic rings. The molecule has 0 bridgehead atoms. The van der Waals surface area contributed by atoms with Crippen molar-refractivity contribution in [1.29, 1.82) is 0 Å². The van der Waals surface area contributed by atoms with E-state index >= 15 is 0 Å². The van der Waals surface area contributed by atoms with Crippen molar-refractivity contribution in [3.63, 3.8) is 0 Å². The van der Waals surface area contributed by atoms with Crippen molar-refractivity contribution in [2.24, 2.45) is 0 Å². The van der Waals surface area contributed by atoms with Crippen LogP contribution in [0.5, 0.6) is 0 Å². The Morgan fingerprint density at radius 2 is 1.05 bits per heavy atom. The van der Waals surface area contributed by atoms with E-state index < -0.39 is 0 Å². The SMILES string of the molecule is C(N1CCCC1)=[N+]1CCCC1.CC=[N+]1CCCC1.[CH2-]CN(C=[N+](C[CH2-])C[CH2-])C[CH2-].[CH2-]C[N+](=CC)C[CH2-].[U+2].[U+2].[U+2]. The second kappa shape index (κ2) is 33.9. The van der Waals surface area contributed by atoms with Crippen LogP contribution in [0.2, 0.25) is 0 Å². The van der Waals surface area contributed by atoms with Crippen molar-refractivity contribution < 1.29 is 112 Å². The Hall–Kier alpha value is 1.44. The van der Waals surface area contributed by atoms with Gasteiger partial charge in [-0.2, -0.15) is 0 Å². The molecule has 0 amide bonds. The molecule has 6 nitrogen and oxygen atoms in total. The van der Waals surface area contributed by atoms with E-state index in [-0.39, 0.29) is 93.3 Å². The van der Waals surface area contributed by atoms with Crippen molar-refractivity contribution in [3.8, 4) is 0 Å². The van der Waals surface area contributed by atoms with Crippen molar-refractivity contribution in [2.45, 2.75) is 52.4 Å². The van der Waals surface area contributed by atoms with Gasteiger partial charge in [-0.05, 0) is 51.9 Å². The maximum atomic E-state index is 3.77. The van der Waals surface area contributed by atoms with Crippen LogP contribution in [0.15, 0.2) is 0 Å². The first kappa shape index (κ1) is 47.4. The van der Waals surface area contributed by atoms with Crippen molar-refractivity contribution in [2.75, 3.05) is 78.5 Å². The summed E-state index contributed by atoms with van der Waals surface area (Å²) in [6, 6.07) is 0. The smallest absolute Gasteiger partial charge is 0.327 e. The van der Waals surface area contributed by atoms with E-state index in [1.54, 1.807) is 0 Å². The standard InChI is InChI=1S/2C9H17N2.2C6H12N.3U/c1-2-6-10(5-1)9-11-7-3-4-8-11;1-5-10(6-2)9-11(7-3)8-4;1-2-7-5-3-4-6-7;1-4-7(5-2)6-3;;;/h2*9H,1-8H2;2H,3-6H2,1H3;6H,1-2,4-5H2,3H3;;;/q+1;-3;+1;-1;3*+2. The topological polar surface area (TPSA) is 18.5 Å². The normalized spacial score (nSPS) is 14.8. The zero-order valence-corrected chi connectivity index (χ0v) is 38.0. The summed E-state index contributed by atoms with van der Waals surface area (Å²) in [4.78, 5) is 4.47. The number of hydrogen-bond acceptors (Lipinski definition) is 0. The molecule has 0 aromatic heterocycles. The summed E-state index contributed by atoms with van der Waals surface area (Å²) >= 11 is 0. The fourth-order valence-electron chi connectivity index (χ4n) is 4.00. The van der Waals surface area contributed by atoms with Crippen molar-refractivity contribution in [1.82, 2.24) is 9.80 Å². The van der Waals surface area contributed by atoms with Gasteiger partial charge in [0, 0.05) is 39.8 Å². The Labute approximate surface area is 315 Å². The van der Waals surface area contributed by atoms with Gasteiger partial charge in [0.15, 0.2) is 0 Å². The average molecular weight is 1220 g/mol. The summed E-state index contributed by atoms with van der Waals surface area (Å²) in [5, 5.41) is 0. The number of hydrogen-bond donors (Lipinski definition) is 0. The predicted molar refractivity (Wildman–Crippen MR) is 159 cm³/mol. The molecular formula is C30H58N6U3+4. The fraction of sp³-hybridized carbons (Fsp3) is 0.667. The average Bonchev–Trinajstić information content (AvgIpc) is 3.72. The van der Waals surface area contributed by atoms with Gasteiger partial charge in [-0.15, -0.1) is 0 Å². The molecule has 3 heterocycles. The molecule has 0 unspecified atom stereocenters. The molecule has 0 radical (unpaired) electrons. The summed E-state index contributed by atoms with van der Waals surface area (Å²) < 4.78 is 8.86. The van der Waals surface area contributed by atoms with Gasteiger partial charge in [0.05, 0.1) is 26.2 Å². The van der Waals surface area contributed by atoms with Gasteiger partial charge < -0.3 is 37.2 Å². The second-order valence-electron chi connectivity index (χ2n) is 9.08. The molecule has 216 valence electrons. The van der Waals surface area contributed by atoms with Crippen LogP contribution in [0.25, 0.3) is 0 Å². The Kier molecular flexibility index (Phi) is 41.2. The zero-order valence-electron chi connectivity index (χ0n) is 25.5. The second-order valence-corrected chi connectivity index (χ2v) is 9.08. The van der Waals surface area contributed by atoms with Gasteiger partial charge >= 0.3 is 93.3 Å². The van der Waals surface area contributed by atoms with Crippen molar-refractivity contribution in [3.05, 3.63) is 41.5 Å². The molecule has 0 aromatic carbocycles. The molecule has 0 aromatic rings. The van der Waals surface area contributed by atoms with E-state index in [0.29, 0.717) is 0 Å². The van der Waals surface area contributed by atoms with Crippen LogP contribution in [-0.2, 0) is 0 Å². The number of rotatable bonds is 8. The van der Waals surface area contributed by atoms with Crippen LogP contribution in [0, 0.1) is 135 Å². The number of nitrogens with zero attached hydrogens (tertiary/aromatic N) is 6. The van der Waals surface area contributed by atoms with Gasteiger partial charge in [-0.1, -0.05) is 0 Å².